The van der Waals surface area contributed by atoms with Crippen molar-refractivity contribution in [2.45, 2.75) is 6.92 Å². The Labute approximate surface area is 89.9 Å². The SMILES string of the molecule is C=C/C(=C\c1ccc(OC)cc1)C(C)=O. The third kappa shape index (κ3) is 3.09. The maximum atomic E-state index is 11.1. The molecule has 78 valence electrons. The largest absolute Gasteiger partial charge is 0.497 e. The zero-order valence-electron chi connectivity index (χ0n) is 8.99. The average molecular weight is 202 g/mol. The second-order valence-electron chi connectivity index (χ2n) is 3.13. The Kier molecular flexibility index (Phi) is 3.86. The zero-order valence-corrected chi connectivity index (χ0v) is 8.99. The number of carbonyl (C=O) groups is 1. The smallest absolute Gasteiger partial charge is 0.159 e. The summed E-state index contributed by atoms with van der Waals surface area (Å²) in [7, 11) is 1.62. The van der Waals surface area contributed by atoms with Gasteiger partial charge in [0.2, 0.25) is 0 Å². The Balaban J connectivity index is 2.96. The summed E-state index contributed by atoms with van der Waals surface area (Å²) in [4.78, 5) is 11.1. The predicted octanol–water partition coefficient (Wildman–Crippen LogP) is 2.85. The lowest BCUT2D eigenvalue weighted by Crippen LogP contribution is -1.92. The molecular weight excluding hydrogens is 188 g/mol. The second-order valence-corrected chi connectivity index (χ2v) is 3.13. The fraction of sp³-hybridized carbons (Fsp3) is 0.154. The molecule has 0 bridgehead atoms. The van der Waals surface area contributed by atoms with E-state index in [1.165, 1.54) is 6.92 Å². The minimum Gasteiger partial charge on any atom is -0.497 e. The summed E-state index contributed by atoms with van der Waals surface area (Å²) in [5.74, 6) is 0.816. The Morgan fingerprint density at radius 1 is 1.33 bits per heavy atom. The molecule has 0 heterocycles. The summed E-state index contributed by atoms with van der Waals surface area (Å²) in [6.45, 7) is 5.12. The van der Waals surface area contributed by atoms with Crippen molar-refractivity contribution in [2.75, 3.05) is 7.11 Å². The molecule has 1 aromatic carbocycles. The topological polar surface area (TPSA) is 26.3 Å². The third-order valence-corrected chi connectivity index (χ3v) is 2.06. The molecule has 0 atom stereocenters. The van der Waals surface area contributed by atoms with Gasteiger partial charge in [0.25, 0.3) is 0 Å². The molecule has 0 aliphatic heterocycles. The van der Waals surface area contributed by atoms with Crippen molar-refractivity contribution in [3.8, 4) is 5.75 Å². The lowest BCUT2D eigenvalue weighted by molar-refractivity contribution is -0.113. The van der Waals surface area contributed by atoms with Gasteiger partial charge in [-0.25, -0.2) is 0 Å². The molecule has 0 saturated heterocycles. The highest BCUT2D eigenvalue weighted by atomic mass is 16.5. The van der Waals surface area contributed by atoms with Gasteiger partial charge in [-0.2, -0.15) is 0 Å². The maximum Gasteiger partial charge on any atom is 0.159 e. The summed E-state index contributed by atoms with van der Waals surface area (Å²) in [6, 6.07) is 7.50. The fourth-order valence-electron chi connectivity index (χ4n) is 1.18. The molecule has 0 aliphatic carbocycles. The number of ketones is 1. The van der Waals surface area contributed by atoms with Crippen molar-refractivity contribution in [3.05, 3.63) is 48.1 Å². The van der Waals surface area contributed by atoms with E-state index in [1.807, 2.05) is 24.3 Å². The van der Waals surface area contributed by atoms with Gasteiger partial charge >= 0.3 is 0 Å². The number of ether oxygens (including phenoxy) is 1. The predicted molar refractivity (Wildman–Crippen MR) is 61.8 cm³/mol. The molecule has 0 saturated carbocycles. The molecule has 0 fully saturated rings. The van der Waals surface area contributed by atoms with Crippen molar-refractivity contribution in [3.63, 3.8) is 0 Å². The monoisotopic (exact) mass is 202 g/mol. The summed E-state index contributed by atoms with van der Waals surface area (Å²) < 4.78 is 5.04. The van der Waals surface area contributed by atoms with Crippen molar-refractivity contribution in [1.82, 2.24) is 0 Å². The molecular formula is C13H14O2. The van der Waals surface area contributed by atoms with E-state index in [0.717, 1.165) is 11.3 Å². The number of benzene rings is 1. The number of hydrogen-bond acceptors (Lipinski definition) is 2. The van der Waals surface area contributed by atoms with E-state index >= 15 is 0 Å². The number of rotatable bonds is 4. The molecule has 0 unspecified atom stereocenters. The first kappa shape index (κ1) is 11.2. The Morgan fingerprint density at radius 2 is 1.93 bits per heavy atom. The highest BCUT2D eigenvalue weighted by molar-refractivity contribution is 6.00. The van der Waals surface area contributed by atoms with Gasteiger partial charge in [0.05, 0.1) is 7.11 Å². The van der Waals surface area contributed by atoms with Gasteiger partial charge in [0, 0.05) is 5.57 Å². The number of methoxy groups -OCH3 is 1. The van der Waals surface area contributed by atoms with Gasteiger partial charge < -0.3 is 4.74 Å². The van der Waals surface area contributed by atoms with E-state index in [2.05, 4.69) is 6.58 Å². The first-order valence-corrected chi connectivity index (χ1v) is 4.66. The molecule has 0 amide bonds. The third-order valence-electron chi connectivity index (χ3n) is 2.06. The molecule has 0 N–H and O–H groups in total. The molecule has 1 aromatic rings. The minimum absolute atomic E-state index is 0.0146. The van der Waals surface area contributed by atoms with Crippen LogP contribution >= 0.6 is 0 Å². The van der Waals surface area contributed by atoms with E-state index in [9.17, 15) is 4.79 Å². The number of hydrogen-bond donors (Lipinski definition) is 0. The zero-order chi connectivity index (χ0) is 11.3. The Hall–Kier alpha value is -1.83. The van der Waals surface area contributed by atoms with Crippen LogP contribution in [0.1, 0.15) is 12.5 Å². The van der Waals surface area contributed by atoms with E-state index in [-0.39, 0.29) is 5.78 Å². The van der Waals surface area contributed by atoms with Crippen LogP contribution in [0.5, 0.6) is 5.75 Å². The van der Waals surface area contributed by atoms with Gasteiger partial charge in [-0.3, -0.25) is 4.79 Å². The van der Waals surface area contributed by atoms with Crippen LogP contribution < -0.4 is 4.74 Å². The normalized spacial score (nSPS) is 10.9. The Bertz CT molecular complexity index is 386. The molecule has 2 nitrogen and oxygen atoms in total. The Morgan fingerprint density at radius 3 is 2.33 bits per heavy atom. The van der Waals surface area contributed by atoms with Crippen molar-refractivity contribution < 1.29 is 9.53 Å². The summed E-state index contributed by atoms with van der Waals surface area (Å²) >= 11 is 0. The summed E-state index contributed by atoms with van der Waals surface area (Å²) in [5.41, 5.74) is 1.57. The maximum absolute atomic E-state index is 11.1. The van der Waals surface area contributed by atoms with Crippen LogP contribution in [-0.4, -0.2) is 12.9 Å². The van der Waals surface area contributed by atoms with Crippen LogP contribution in [0.4, 0.5) is 0 Å². The quantitative estimate of drug-likeness (QED) is 0.554. The number of Topliss-reactive ketones (excluding diaryl/α,β-unsaturated/α-hetero) is 1. The molecule has 0 spiro atoms. The average Bonchev–Trinajstić information content (AvgIpc) is 2.26. The highest BCUT2D eigenvalue weighted by Crippen LogP contribution is 2.14. The van der Waals surface area contributed by atoms with Crippen LogP contribution in [0, 0.1) is 0 Å². The van der Waals surface area contributed by atoms with Gasteiger partial charge in [-0.1, -0.05) is 24.8 Å². The van der Waals surface area contributed by atoms with Crippen molar-refractivity contribution in [2.24, 2.45) is 0 Å². The second kappa shape index (κ2) is 5.15. The van der Waals surface area contributed by atoms with E-state index in [0.29, 0.717) is 5.57 Å². The summed E-state index contributed by atoms with van der Waals surface area (Å²) in [5, 5.41) is 0. The molecule has 0 aromatic heterocycles. The molecule has 0 radical (unpaired) electrons. The van der Waals surface area contributed by atoms with Crippen LogP contribution in [-0.2, 0) is 4.79 Å². The van der Waals surface area contributed by atoms with Gasteiger partial charge in [-0.15, -0.1) is 0 Å². The van der Waals surface area contributed by atoms with E-state index in [4.69, 9.17) is 4.74 Å². The van der Waals surface area contributed by atoms with Gasteiger partial charge in [-0.05, 0) is 30.7 Å². The summed E-state index contributed by atoms with van der Waals surface area (Å²) in [6.07, 6.45) is 3.36. The van der Waals surface area contributed by atoms with E-state index < -0.39 is 0 Å². The van der Waals surface area contributed by atoms with Crippen LogP contribution in [0.25, 0.3) is 6.08 Å². The van der Waals surface area contributed by atoms with Crippen molar-refractivity contribution >= 4 is 11.9 Å². The van der Waals surface area contributed by atoms with Gasteiger partial charge in [0.15, 0.2) is 5.78 Å². The van der Waals surface area contributed by atoms with Crippen LogP contribution in [0.15, 0.2) is 42.5 Å². The minimum atomic E-state index is 0.0146. The lowest BCUT2D eigenvalue weighted by Gasteiger charge is -2.00. The number of allylic oxidation sites excluding steroid dienone is 2. The van der Waals surface area contributed by atoms with Gasteiger partial charge in [0.1, 0.15) is 5.75 Å². The van der Waals surface area contributed by atoms with Crippen LogP contribution in [0.3, 0.4) is 0 Å². The lowest BCUT2D eigenvalue weighted by atomic mass is 10.1. The molecule has 2 heteroatoms. The standard InChI is InChI=1S/C13H14O2/c1-4-12(10(2)14)9-11-5-7-13(15-3)8-6-11/h4-9H,1H2,2-3H3/b12-9+. The fourth-order valence-corrected chi connectivity index (χ4v) is 1.18. The highest BCUT2D eigenvalue weighted by Gasteiger charge is 1.98. The van der Waals surface area contributed by atoms with Crippen molar-refractivity contribution in [1.29, 1.82) is 0 Å². The number of carbonyl (C=O) groups excluding carboxylic acids is 1. The van der Waals surface area contributed by atoms with Crippen LogP contribution in [0.2, 0.25) is 0 Å². The first-order valence-electron chi connectivity index (χ1n) is 4.66. The molecule has 1 rings (SSSR count). The van der Waals surface area contributed by atoms with E-state index in [1.54, 1.807) is 19.3 Å². The molecule has 15 heavy (non-hydrogen) atoms. The molecule has 0 aliphatic rings. The first-order chi connectivity index (χ1) is 7.17.